The number of piperidine rings is 1. The largest absolute Gasteiger partial charge is 0.481 e. The molecule has 4 unspecified atom stereocenters. The number of hydrogen-bond donors (Lipinski definition) is 2. The minimum Gasteiger partial charge on any atom is -0.481 e. The number of nitrogens with one attached hydrogen (secondary N) is 1. The molecule has 5 nitrogen and oxygen atoms in total. The number of urea groups is 1. The van der Waals surface area contributed by atoms with Crippen LogP contribution in [0.2, 0.25) is 0 Å². The van der Waals surface area contributed by atoms with E-state index in [1.165, 1.54) is 12.8 Å². The number of rotatable bonds is 4. The fourth-order valence-corrected chi connectivity index (χ4v) is 4.64. The lowest BCUT2D eigenvalue weighted by Gasteiger charge is -2.37. The molecule has 1 saturated heterocycles. The minimum atomic E-state index is -0.739. The summed E-state index contributed by atoms with van der Waals surface area (Å²) in [6, 6.07) is 0.255. The van der Waals surface area contributed by atoms with Crippen LogP contribution in [0.25, 0.3) is 0 Å². The van der Waals surface area contributed by atoms with Gasteiger partial charge in [-0.25, -0.2) is 4.79 Å². The van der Waals surface area contributed by atoms with Gasteiger partial charge in [-0.1, -0.05) is 13.3 Å². The molecule has 2 amide bonds. The van der Waals surface area contributed by atoms with Crippen LogP contribution in [0.4, 0.5) is 4.79 Å². The SMILES string of the molecule is CCSC1CCCC1NC(=O)N1CCC(C(=O)O)CC1C. The highest BCUT2D eigenvalue weighted by molar-refractivity contribution is 7.99. The Morgan fingerprint density at radius 2 is 2.10 bits per heavy atom. The zero-order chi connectivity index (χ0) is 15.4. The molecular weight excluding hydrogens is 288 g/mol. The van der Waals surface area contributed by atoms with Crippen LogP contribution in [0.5, 0.6) is 0 Å². The summed E-state index contributed by atoms with van der Waals surface area (Å²) >= 11 is 1.93. The number of carbonyl (C=O) groups is 2. The fraction of sp³-hybridized carbons (Fsp3) is 0.867. The van der Waals surface area contributed by atoms with E-state index in [0.29, 0.717) is 24.6 Å². The Bertz CT molecular complexity index is 391. The van der Waals surface area contributed by atoms with Crippen LogP contribution in [-0.2, 0) is 4.79 Å². The summed E-state index contributed by atoms with van der Waals surface area (Å²) in [6.45, 7) is 4.64. The van der Waals surface area contributed by atoms with Crippen LogP contribution in [0.15, 0.2) is 0 Å². The van der Waals surface area contributed by atoms with E-state index in [2.05, 4.69) is 12.2 Å². The van der Waals surface area contributed by atoms with Gasteiger partial charge in [0, 0.05) is 23.9 Å². The molecule has 0 spiro atoms. The first-order chi connectivity index (χ1) is 10.0. The van der Waals surface area contributed by atoms with Gasteiger partial charge in [-0.3, -0.25) is 4.79 Å². The van der Waals surface area contributed by atoms with E-state index in [0.717, 1.165) is 12.2 Å². The van der Waals surface area contributed by atoms with Gasteiger partial charge in [0.2, 0.25) is 0 Å². The number of nitrogens with zero attached hydrogens (tertiary/aromatic N) is 1. The quantitative estimate of drug-likeness (QED) is 0.836. The summed E-state index contributed by atoms with van der Waals surface area (Å²) < 4.78 is 0. The van der Waals surface area contributed by atoms with Gasteiger partial charge in [-0.15, -0.1) is 0 Å². The monoisotopic (exact) mass is 314 g/mol. The first-order valence-corrected chi connectivity index (χ1v) is 8.99. The zero-order valence-electron chi connectivity index (χ0n) is 12.9. The molecule has 2 fully saturated rings. The lowest BCUT2D eigenvalue weighted by Crippen LogP contribution is -2.53. The molecule has 120 valence electrons. The molecule has 0 aromatic rings. The predicted molar refractivity (Wildman–Crippen MR) is 84.6 cm³/mol. The topological polar surface area (TPSA) is 69.6 Å². The number of aliphatic carboxylic acids is 1. The summed E-state index contributed by atoms with van der Waals surface area (Å²) in [5.41, 5.74) is 0. The van der Waals surface area contributed by atoms with Gasteiger partial charge in [0.25, 0.3) is 0 Å². The van der Waals surface area contributed by atoms with Gasteiger partial charge in [-0.05, 0) is 38.4 Å². The molecule has 1 aliphatic heterocycles. The average molecular weight is 314 g/mol. The third-order valence-corrected chi connectivity index (χ3v) is 5.95. The molecule has 6 heteroatoms. The Morgan fingerprint density at radius 3 is 2.71 bits per heavy atom. The van der Waals surface area contributed by atoms with E-state index in [4.69, 9.17) is 5.11 Å². The number of thioether (sulfide) groups is 1. The molecule has 21 heavy (non-hydrogen) atoms. The molecule has 2 aliphatic rings. The van der Waals surface area contributed by atoms with Gasteiger partial charge >= 0.3 is 12.0 Å². The highest BCUT2D eigenvalue weighted by Gasteiger charge is 2.35. The van der Waals surface area contributed by atoms with Crippen molar-refractivity contribution in [2.45, 2.75) is 63.3 Å². The van der Waals surface area contributed by atoms with E-state index >= 15 is 0 Å². The summed E-state index contributed by atoms with van der Waals surface area (Å²) in [5, 5.41) is 12.8. The Kier molecular flexibility index (Phi) is 5.79. The van der Waals surface area contributed by atoms with E-state index in [1.54, 1.807) is 0 Å². The van der Waals surface area contributed by atoms with Gasteiger partial charge in [0.15, 0.2) is 0 Å². The summed E-state index contributed by atoms with van der Waals surface area (Å²) in [4.78, 5) is 25.3. The molecule has 0 aromatic heterocycles. The van der Waals surface area contributed by atoms with Crippen molar-refractivity contribution in [1.29, 1.82) is 0 Å². The number of amides is 2. The molecule has 1 aliphatic carbocycles. The third kappa shape index (κ3) is 4.05. The van der Waals surface area contributed by atoms with Crippen molar-refractivity contribution in [3.8, 4) is 0 Å². The van der Waals surface area contributed by atoms with Crippen molar-refractivity contribution in [2.75, 3.05) is 12.3 Å². The van der Waals surface area contributed by atoms with Gasteiger partial charge in [0.05, 0.1) is 5.92 Å². The maximum Gasteiger partial charge on any atom is 0.317 e. The normalized spacial score (nSPS) is 33.0. The highest BCUT2D eigenvalue weighted by Crippen LogP contribution is 2.30. The Morgan fingerprint density at radius 1 is 1.33 bits per heavy atom. The lowest BCUT2D eigenvalue weighted by atomic mass is 9.92. The molecule has 0 radical (unpaired) electrons. The van der Waals surface area contributed by atoms with Crippen LogP contribution < -0.4 is 5.32 Å². The minimum absolute atomic E-state index is 0.00136. The maximum atomic E-state index is 12.4. The zero-order valence-corrected chi connectivity index (χ0v) is 13.7. The van der Waals surface area contributed by atoms with Gasteiger partial charge in [0.1, 0.15) is 0 Å². The van der Waals surface area contributed by atoms with E-state index in [9.17, 15) is 9.59 Å². The third-order valence-electron chi connectivity index (χ3n) is 4.63. The van der Waals surface area contributed by atoms with Crippen LogP contribution in [0, 0.1) is 5.92 Å². The van der Waals surface area contributed by atoms with Crippen LogP contribution in [-0.4, -0.2) is 51.6 Å². The van der Waals surface area contributed by atoms with E-state index in [-0.39, 0.29) is 24.0 Å². The molecule has 0 aromatic carbocycles. The second kappa shape index (κ2) is 7.38. The van der Waals surface area contributed by atoms with Crippen molar-refractivity contribution in [3.63, 3.8) is 0 Å². The molecule has 0 bridgehead atoms. The van der Waals surface area contributed by atoms with Crippen molar-refractivity contribution >= 4 is 23.8 Å². The average Bonchev–Trinajstić information content (AvgIpc) is 2.86. The van der Waals surface area contributed by atoms with Crippen molar-refractivity contribution < 1.29 is 14.7 Å². The number of carboxylic acids is 1. The van der Waals surface area contributed by atoms with Crippen molar-refractivity contribution in [2.24, 2.45) is 5.92 Å². The lowest BCUT2D eigenvalue weighted by molar-refractivity contribution is -0.143. The highest BCUT2D eigenvalue weighted by atomic mass is 32.2. The summed E-state index contributed by atoms with van der Waals surface area (Å²) in [6.07, 6.45) is 4.54. The Hall–Kier alpha value is -0.910. The Balaban J connectivity index is 1.87. The standard InChI is InChI=1S/C15H26N2O3S/c1-3-21-13-6-4-5-12(13)16-15(20)17-8-7-11(14(18)19)9-10(17)2/h10-13H,3-9H2,1-2H3,(H,16,20)(H,18,19). The first-order valence-electron chi connectivity index (χ1n) is 7.94. The molecule has 1 heterocycles. The second-order valence-corrected chi connectivity index (χ2v) is 7.60. The molecule has 2 N–H and O–H groups in total. The van der Waals surface area contributed by atoms with Gasteiger partial charge in [-0.2, -0.15) is 11.8 Å². The predicted octanol–water partition coefficient (Wildman–Crippen LogP) is 2.56. The van der Waals surface area contributed by atoms with Crippen LogP contribution in [0.1, 0.15) is 46.0 Å². The van der Waals surface area contributed by atoms with E-state index in [1.807, 2.05) is 23.6 Å². The fourth-order valence-electron chi connectivity index (χ4n) is 3.44. The van der Waals surface area contributed by atoms with E-state index < -0.39 is 5.97 Å². The number of carbonyl (C=O) groups excluding carboxylic acids is 1. The van der Waals surface area contributed by atoms with Crippen molar-refractivity contribution in [3.05, 3.63) is 0 Å². The summed E-state index contributed by atoms with van der Waals surface area (Å²) in [7, 11) is 0. The maximum absolute atomic E-state index is 12.4. The van der Waals surface area contributed by atoms with Crippen LogP contribution >= 0.6 is 11.8 Å². The second-order valence-electron chi connectivity index (χ2n) is 6.08. The van der Waals surface area contributed by atoms with Crippen LogP contribution in [0.3, 0.4) is 0 Å². The number of carboxylic acid groups (broad SMARTS) is 1. The molecule has 4 atom stereocenters. The summed E-state index contributed by atoms with van der Waals surface area (Å²) in [5.74, 6) is 0.0355. The first kappa shape index (κ1) is 16.5. The van der Waals surface area contributed by atoms with Gasteiger partial charge < -0.3 is 15.3 Å². The number of likely N-dealkylation sites (tertiary alicyclic amines) is 1. The smallest absolute Gasteiger partial charge is 0.317 e. The Labute approximate surface area is 130 Å². The molecule has 1 saturated carbocycles. The molecular formula is C15H26N2O3S. The van der Waals surface area contributed by atoms with Crippen molar-refractivity contribution in [1.82, 2.24) is 10.2 Å². The number of hydrogen-bond acceptors (Lipinski definition) is 3. The molecule has 2 rings (SSSR count).